The first-order chi connectivity index (χ1) is 9.66. The van der Waals surface area contributed by atoms with Gasteiger partial charge in [0, 0.05) is 6.61 Å². The van der Waals surface area contributed by atoms with Crippen molar-refractivity contribution in [1.29, 1.82) is 0 Å². The minimum Gasteiger partial charge on any atom is -0.481 e. The number of carbonyl (C=O) groups excluding carboxylic acids is 1. The van der Waals surface area contributed by atoms with Gasteiger partial charge in [0.05, 0.1) is 11.0 Å². The largest absolute Gasteiger partial charge is 0.481 e. The normalized spacial score (nSPS) is 18.5. The average molecular weight is 274 g/mol. The lowest BCUT2D eigenvalue weighted by atomic mass is 10.2. The van der Waals surface area contributed by atoms with Gasteiger partial charge in [-0.1, -0.05) is 12.1 Å². The molecule has 104 valence electrons. The fraction of sp³-hybridized carbons (Fsp3) is 0.357. The molecule has 0 bridgehead atoms. The van der Waals surface area contributed by atoms with E-state index in [1.54, 1.807) is 24.3 Å². The minimum absolute atomic E-state index is 0.229. The Balaban J connectivity index is 2.10. The number of carbonyl (C=O) groups is 2. The SMILES string of the molecule is O=C(O)Cc1nc2ccccc2n1C(=O)C1CCCO1. The third-order valence-electron chi connectivity index (χ3n) is 3.37. The van der Waals surface area contributed by atoms with Gasteiger partial charge in [-0.3, -0.25) is 14.2 Å². The fourth-order valence-corrected chi connectivity index (χ4v) is 2.49. The number of rotatable bonds is 3. The number of carboxylic acids is 1. The lowest BCUT2D eigenvalue weighted by Crippen LogP contribution is -2.28. The van der Waals surface area contributed by atoms with Crippen LogP contribution < -0.4 is 0 Å². The van der Waals surface area contributed by atoms with Crippen LogP contribution in [0.25, 0.3) is 11.0 Å². The molecule has 2 aromatic rings. The Morgan fingerprint density at radius 1 is 1.40 bits per heavy atom. The highest BCUT2D eigenvalue weighted by Crippen LogP contribution is 2.21. The van der Waals surface area contributed by atoms with Gasteiger partial charge < -0.3 is 9.84 Å². The Morgan fingerprint density at radius 2 is 2.20 bits per heavy atom. The number of carboxylic acid groups (broad SMARTS) is 1. The molecule has 0 spiro atoms. The molecule has 20 heavy (non-hydrogen) atoms. The Kier molecular flexibility index (Phi) is 3.23. The van der Waals surface area contributed by atoms with Crippen LogP contribution in [0.2, 0.25) is 0 Å². The molecule has 0 saturated carbocycles. The number of aromatic nitrogens is 2. The van der Waals surface area contributed by atoms with E-state index in [0.717, 1.165) is 6.42 Å². The zero-order valence-corrected chi connectivity index (χ0v) is 10.8. The van der Waals surface area contributed by atoms with E-state index in [0.29, 0.717) is 24.1 Å². The second-order valence-electron chi connectivity index (χ2n) is 4.76. The zero-order valence-electron chi connectivity index (χ0n) is 10.8. The third-order valence-corrected chi connectivity index (χ3v) is 3.37. The molecule has 0 radical (unpaired) electrons. The molecule has 6 heteroatoms. The van der Waals surface area contributed by atoms with Gasteiger partial charge in [-0.25, -0.2) is 4.98 Å². The molecule has 1 aliphatic rings. The third kappa shape index (κ3) is 2.18. The van der Waals surface area contributed by atoms with Gasteiger partial charge in [0.2, 0.25) is 0 Å². The minimum atomic E-state index is -1.01. The van der Waals surface area contributed by atoms with E-state index in [1.165, 1.54) is 4.57 Å². The summed E-state index contributed by atoms with van der Waals surface area (Å²) in [5.41, 5.74) is 1.25. The standard InChI is InChI=1S/C14H14N2O4/c17-13(18)8-12-15-9-4-1-2-5-10(9)16(12)14(19)11-6-3-7-20-11/h1-2,4-5,11H,3,6-8H2,(H,17,18). The summed E-state index contributed by atoms with van der Waals surface area (Å²) >= 11 is 0. The van der Waals surface area contributed by atoms with Crippen LogP contribution in [0.1, 0.15) is 23.5 Å². The summed E-state index contributed by atoms with van der Waals surface area (Å²) in [6.45, 7) is 0.567. The Labute approximate surface area is 115 Å². The number of ether oxygens (including phenoxy) is 1. The number of hydrogen-bond donors (Lipinski definition) is 1. The summed E-state index contributed by atoms with van der Waals surface area (Å²) in [5.74, 6) is -0.992. The molecular formula is C14H14N2O4. The molecule has 1 N–H and O–H groups in total. The second-order valence-corrected chi connectivity index (χ2v) is 4.76. The molecule has 1 saturated heterocycles. The van der Waals surface area contributed by atoms with Crippen molar-refractivity contribution in [2.75, 3.05) is 6.61 Å². The first kappa shape index (κ1) is 12.8. The van der Waals surface area contributed by atoms with Gasteiger partial charge in [0.1, 0.15) is 18.3 Å². The average Bonchev–Trinajstić information content (AvgIpc) is 3.04. The van der Waals surface area contributed by atoms with E-state index in [4.69, 9.17) is 9.84 Å². The molecule has 1 aromatic heterocycles. The lowest BCUT2D eigenvalue weighted by molar-refractivity contribution is -0.136. The molecular weight excluding hydrogens is 260 g/mol. The van der Waals surface area contributed by atoms with Crippen molar-refractivity contribution < 1.29 is 19.4 Å². The quantitative estimate of drug-likeness (QED) is 0.916. The van der Waals surface area contributed by atoms with Crippen molar-refractivity contribution in [1.82, 2.24) is 9.55 Å². The van der Waals surface area contributed by atoms with Crippen molar-refractivity contribution in [2.45, 2.75) is 25.4 Å². The number of aliphatic carboxylic acids is 1. The summed E-state index contributed by atoms with van der Waals surface area (Å²) in [7, 11) is 0. The van der Waals surface area contributed by atoms with Crippen LogP contribution in [-0.4, -0.2) is 39.2 Å². The van der Waals surface area contributed by atoms with Gasteiger partial charge in [0.25, 0.3) is 5.91 Å². The predicted octanol–water partition coefficient (Wildman–Crippen LogP) is 1.48. The molecule has 3 rings (SSSR count). The smallest absolute Gasteiger partial charge is 0.311 e. The van der Waals surface area contributed by atoms with Crippen molar-refractivity contribution >= 4 is 22.9 Å². The van der Waals surface area contributed by atoms with Gasteiger partial charge in [-0.05, 0) is 25.0 Å². The topological polar surface area (TPSA) is 81.4 Å². The Morgan fingerprint density at radius 3 is 2.90 bits per heavy atom. The second kappa shape index (κ2) is 5.05. The molecule has 1 aromatic carbocycles. The van der Waals surface area contributed by atoms with E-state index >= 15 is 0 Å². The number of hydrogen-bond acceptors (Lipinski definition) is 4. The summed E-state index contributed by atoms with van der Waals surface area (Å²) in [4.78, 5) is 27.7. The number of imidazole rings is 1. The van der Waals surface area contributed by atoms with E-state index in [9.17, 15) is 9.59 Å². The molecule has 1 fully saturated rings. The molecule has 0 amide bonds. The molecule has 0 aliphatic carbocycles. The first-order valence-electron chi connectivity index (χ1n) is 6.51. The highest BCUT2D eigenvalue weighted by atomic mass is 16.5. The maximum absolute atomic E-state index is 12.5. The number of fused-ring (bicyclic) bond motifs is 1. The van der Waals surface area contributed by atoms with Crippen molar-refractivity contribution in [3.63, 3.8) is 0 Å². The number of nitrogens with zero attached hydrogens (tertiary/aromatic N) is 2. The van der Waals surface area contributed by atoms with E-state index < -0.39 is 12.1 Å². The van der Waals surface area contributed by atoms with Gasteiger partial charge in [-0.2, -0.15) is 0 Å². The molecule has 2 heterocycles. The summed E-state index contributed by atoms with van der Waals surface area (Å²) in [6, 6.07) is 7.13. The van der Waals surface area contributed by atoms with E-state index in [1.807, 2.05) is 0 Å². The van der Waals surface area contributed by atoms with Crippen LogP contribution in [0.3, 0.4) is 0 Å². The predicted molar refractivity (Wildman–Crippen MR) is 70.7 cm³/mol. The maximum Gasteiger partial charge on any atom is 0.311 e. The molecule has 1 aliphatic heterocycles. The monoisotopic (exact) mass is 274 g/mol. The maximum atomic E-state index is 12.5. The van der Waals surface area contributed by atoms with Crippen LogP contribution in [0.5, 0.6) is 0 Å². The number of benzene rings is 1. The zero-order chi connectivity index (χ0) is 14.1. The van der Waals surface area contributed by atoms with Crippen LogP contribution in [0, 0.1) is 0 Å². The molecule has 1 atom stereocenters. The van der Waals surface area contributed by atoms with Crippen LogP contribution in [-0.2, 0) is 16.0 Å². The van der Waals surface area contributed by atoms with Crippen molar-refractivity contribution in [2.24, 2.45) is 0 Å². The fourth-order valence-electron chi connectivity index (χ4n) is 2.49. The molecule has 6 nitrogen and oxygen atoms in total. The van der Waals surface area contributed by atoms with Gasteiger partial charge in [0.15, 0.2) is 0 Å². The lowest BCUT2D eigenvalue weighted by Gasteiger charge is -2.11. The van der Waals surface area contributed by atoms with Crippen molar-refractivity contribution in [3.05, 3.63) is 30.1 Å². The van der Waals surface area contributed by atoms with Gasteiger partial charge in [-0.15, -0.1) is 0 Å². The summed E-state index contributed by atoms with van der Waals surface area (Å²) in [6.07, 6.45) is 0.725. The van der Waals surface area contributed by atoms with E-state index in [-0.39, 0.29) is 18.2 Å². The summed E-state index contributed by atoms with van der Waals surface area (Å²) in [5, 5.41) is 8.97. The molecule has 1 unspecified atom stereocenters. The Bertz CT molecular complexity index is 671. The highest BCUT2D eigenvalue weighted by molar-refractivity contribution is 5.94. The Hall–Kier alpha value is -2.21. The van der Waals surface area contributed by atoms with Crippen LogP contribution >= 0.6 is 0 Å². The summed E-state index contributed by atoms with van der Waals surface area (Å²) < 4.78 is 6.79. The van der Waals surface area contributed by atoms with Gasteiger partial charge >= 0.3 is 5.97 Å². The van der Waals surface area contributed by atoms with E-state index in [2.05, 4.69) is 4.98 Å². The highest BCUT2D eigenvalue weighted by Gasteiger charge is 2.28. The van der Waals surface area contributed by atoms with Crippen LogP contribution in [0.15, 0.2) is 24.3 Å². The first-order valence-corrected chi connectivity index (χ1v) is 6.51. The number of para-hydroxylation sites is 2. The van der Waals surface area contributed by atoms with Crippen molar-refractivity contribution in [3.8, 4) is 0 Å². The van der Waals surface area contributed by atoms with Crippen LogP contribution in [0.4, 0.5) is 0 Å².